The summed E-state index contributed by atoms with van der Waals surface area (Å²) in [5.41, 5.74) is 1.96. The number of carbonyl (C=O) groups is 2. The van der Waals surface area contributed by atoms with Gasteiger partial charge in [-0.2, -0.15) is 0 Å². The van der Waals surface area contributed by atoms with Crippen molar-refractivity contribution in [3.8, 4) is 28.3 Å². The van der Waals surface area contributed by atoms with E-state index in [2.05, 4.69) is 15.2 Å². The van der Waals surface area contributed by atoms with Crippen molar-refractivity contribution in [2.75, 3.05) is 34.4 Å². The number of carbonyl (C=O) groups excluding carboxylic acids is 2. The van der Waals surface area contributed by atoms with Crippen LogP contribution in [0.4, 0.5) is 0 Å². The Balaban J connectivity index is 1.74. The highest BCUT2D eigenvalue weighted by atomic mass is 35.5. The Labute approximate surface area is 256 Å². The fourth-order valence-corrected chi connectivity index (χ4v) is 5.50. The van der Waals surface area contributed by atoms with Crippen LogP contribution >= 0.6 is 23.2 Å². The minimum Gasteiger partial charge on any atom is -0.492 e. The maximum absolute atomic E-state index is 13.6. The van der Waals surface area contributed by atoms with E-state index in [1.54, 1.807) is 36.5 Å². The fraction of sp³-hybridized carbons (Fsp3) is 0.419. The lowest BCUT2D eigenvalue weighted by Crippen LogP contribution is -2.57. The fourth-order valence-electron chi connectivity index (χ4n) is 5.00. The molecule has 2 aromatic heterocycles. The minimum atomic E-state index is -1.25. The summed E-state index contributed by atoms with van der Waals surface area (Å²) in [5, 5.41) is 13.8. The first kappa shape index (κ1) is 31.7. The summed E-state index contributed by atoms with van der Waals surface area (Å²) in [4.78, 5) is 37.7. The van der Waals surface area contributed by atoms with E-state index in [0.717, 1.165) is 18.5 Å². The molecule has 0 unspecified atom stereocenters. The topological polar surface area (TPSA) is 114 Å². The van der Waals surface area contributed by atoms with Gasteiger partial charge in [0.1, 0.15) is 17.0 Å². The number of methoxy groups -OCH3 is 1. The van der Waals surface area contributed by atoms with E-state index < -0.39 is 23.5 Å². The van der Waals surface area contributed by atoms with E-state index in [1.165, 1.54) is 7.11 Å². The molecule has 224 valence electrons. The zero-order valence-electron chi connectivity index (χ0n) is 24.2. The van der Waals surface area contributed by atoms with Gasteiger partial charge in [0.25, 0.3) is 5.91 Å². The van der Waals surface area contributed by atoms with Crippen LogP contribution in [-0.2, 0) is 9.53 Å². The molecule has 1 amide bonds. The van der Waals surface area contributed by atoms with Gasteiger partial charge in [0, 0.05) is 23.9 Å². The molecule has 2 heterocycles. The lowest BCUT2D eigenvalue weighted by atomic mass is 9.80. The number of hydrogen-bond acceptors (Lipinski definition) is 8. The number of halogens is 2. The molecule has 4 rings (SSSR count). The number of benzene rings is 1. The molecule has 1 aliphatic carbocycles. The van der Waals surface area contributed by atoms with Gasteiger partial charge in [-0.05, 0) is 89.0 Å². The molecule has 1 aromatic carbocycles. The van der Waals surface area contributed by atoms with Crippen LogP contribution in [0.5, 0.6) is 5.75 Å². The van der Waals surface area contributed by atoms with Crippen LogP contribution in [-0.4, -0.2) is 77.9 Å². The normalized spacial score (nSPS) is 18.5. The first-order chi connectivity index (χ1) is 20.0. The van der Waals surface area contributed by atoms with Gasteiger partial charge in [0.05, 0.1) is 41.3 Å². The number of esters is 1. The first-order valence-electron chi connectivity index (χ1n) is 13.8. The largest absolute Gasteiger partial charge is 0.492 e. The molecule has 0 saturated heterocycles. The number of hydrogen-bond donors (Lipinski definition) is 2. The summed E-state index contributed by atoms with van der Waals surface area (Å²) in [5.74, 6) is -0.602. The third-order valence-electron chi connectivity index (χ3n) is 7.31. The highest BCUT2D eigenvalue weighted by Crippen LogP contribution is 2.37. The predicted octanol–water partition coefficient (Wildman–Crippen LogP) is 5.33. The summed E-state index contributed by atoms with van der Waals surface area (Å²) in [6.07, 6.45) is 3.25. The Hall–Kier alpha value is -3.24. The van der Waals surface area contributed by atoms with Crippen LogP contribution in [0, 0.1) is 6.92 Å². The average molecular weight is 616 g/mol. The number of nitrogens with one attached hydrogen (secondary N) is 1. The molecule has 42 heavy (non-hydrogen) atoms. The maximum atomic E-state index is 13.6. The molecule has 11 heteroatoms. The third-order valence-corrected chi connectivity index (χ3v) is 7.91. The summed E-state index contributed by atoms with van der Waals surface area (Å²) in [6.45, 7) is 3.24. The lowest BCUT2D eigenvalue weighted by Gasteiger charge is -2.36. The van der Waals surface area contributed by atoms with Crippen molar-refractivity contribution in [3.05, 3.63) is 63.9 Å². The summed E-state index contributed by atoms with van der Waals surface area (Å²) < 4.78 is 11.0. The highest BCUT2D eigenvalue weighted by Gasteiger charge is 2.44. The number of rotatable bonds is 10. The zero-order valence-corrected chi connectivity index (χ0v) is 25.8. The Bertz CT molecular complexity index is 1440. The van der Waals surface area contributed by atoms with Gasteiger partial charge in [0.15, 0.2) is 0 Å². The van der Waals surface area contributed by atoms with Gasteiger partial charge in [-0.1, -0.05) is 29.3 Å². The minimum absolute atomic E-state index is 0.0924. The predicted molar refractivity (Wildman–Crippen MR) is 163 cm³/mol. The van der Waals surface area contributed by atoms with E-state index in [1.807, 2.05) is 27.1 Å². The Morgan fingerprint density at radius 3 is 2.50 bits per heavy atom. The van der Waals surface area contributed by atoms with Crippen molar-refractivity contribution in [2.24, 2.45) is 0 Å². The smallest absolute Gasteiger partial charge is 0.331 e. The molecule has 1 aliphatic rings. The van der Waals surface area contributed by atoms with Crippen molar-refractivity contribution in [2.45, 2.75) is 50.7 Å². The van der Waals surface area contributed by atoms with Crippen LogP contribution in [0.15, 0.2) is 42.6 Å². The quantitative estimate of drug-likeness (QED) is 0.232. The Morgan fingerprint density at radius 1 is 1.10 bits per heavy atom. The molecular weight excluding hydrogens is 579 g/mol. The molecular formula is C31H36Cl2N4O5. The molecule has 0 spiro atoms. The molecule has 1 fully saturated rings. The van der Waals surface area contributed by atoms with Gasteiger partial charge >= 0.3 is 5.97 Å². The van der Waals surface area contributed by atoms with Gasteiger partial charge in [-0.15, -0.1) is 0 Å². The number of amides is 1. The molecule has 9 nitrogen and oxygen atoms in total. The Morgan fingerprint density at radius 2 is 1.83 bits per heavy atom. The number of aliphatic hydroxyl groups is 1. The monoisotopic (exact) mass is 614 g/mol. The molecule has 0 atom stereocenters. The van der Waals surface area contributed by atoms with Gasteiger partial charge in [-0.3, -0.25) is 9.78 Å². The molecule has 2 N–H and O–H groups in total. The number of aliphatic hydroxyl groups excluding tert-OH is 1. The third kappa shape index (κ3) is 7.39. The highest BCUT2D eigenvalue weighted by molar-refractivity contribution is 6.33. The second-order valence-electron chi connectivity index (χ2n) is 10.8. The summed E-state index contributed by atoms with van der Waals surface area (Å²) >= 11 is 13.1. The molecule has 3 aromatic rings. The van der Waals surface area contributed by atoms with Crippen LogP contribution in [0.25, 0.3) is 22.5 Å². The van der Waals surface area contributed by atoms with Gasteiger partial charge in [-0.25, -0.2) is 9.78 Å². The van der Waals surface area contributed by atoms with E-state index in [0.29, 0.717) is 57.8 Å². The van der Waals surface area contributed by atoms with Crippen molar-refractivity contribution in [1.82, 2.24) is 20.2 Å². The van der Waals surface area contributed by atoms with Gasteiger partial charge in [0.2, 0.25) is 0 Å². The summed E-state index contributed by atoms with van der Waals surface area (Å²) in [7, 11) is 5.28. The average Bonchev–Trinajstić information content (AvgIpc) is 2.96. The van der Waals surface area contributed by atoms with Gasteiger partial charge < -0.3 is 24.8 Å². The second-order valence-corrected chi connectivity index (χ2v) is 11.7. The zero-order chi connectivity index (χ0) is 30.4. The second kappa shape index (κ2) is 13.8. The number of ether oxygens (including phenoxy) is 2. The molecule has 1 saturated carbocycles. The maximum Gasteiger partial charge on any atom is 0.331 e. The standard InChI is InChI=1S/C31H36Cl2N4O5/c1-19-16-24(33)28(34-18-19)22-7-9-25(29(39)36-31(30(40)41-4)12-10-21(38)11-13-31)35-27(22)20-6-8-23(32)26(17-20)42-15-5-14-37(2)3/h6-9,16-18,21,38H,5,10-15H2,1-4H3,(H,36,39). The van der Waals surface area contributed by atoms with Crippen molar-refractivity contribution >= 4 is 35.1 Å². The SMILES string of the molecule is COC(=O)C1(NC(=O)c2ccc(-c3ncc(C)cc3Cl)c(-c3ccc(Cl)c(OCCCN(C)C)c3)n2)CCC(O)CC1. The van der Waals surface area contributed by atoms with E-state index in [-0.39, 0.29) is 18.5 Å². The number of aryl methyl sites for hydroxylation is 1. The number of pyridine rings is 2. The van der Waals surface area contributed by atoms with E-state index in [4.69, 9.17) is 37.7 Å². The van der Waals surface area contributed by atoms with Crippen LogP contribution in [0.2, 0.25) is 10.0 Å². The van der Waals surface area contributed by atoms with Crippen molar-refractivity contribution < 1.29 is 24.2 Å². The molecule has 0 radical (unpaired) electrons. The van der Waals surface area contributed by atoms with Crippen LogP contribution in [0.3, 0.4) is 0 Å². The van der Waals surface area contributed by atoms with Crippen molar-refractivity contribution in [3.63, 3.8) is 0 Å². The van der Waals surface area contributed by atoms with E-state index in [9.17, 15) is 14.7 Å². The first-order valence-corrected chi connectivity index (χ1v) is 14.6. The van der Waals surface area contributed by atoms with Crippen LogP contribution < -0.4 is 10.1 Å². The molecule has 0 aliphatic heterocycles. The summed E-state index contributed by atoms with van der Waals surface area (Å²) in [6, 6.07) is 10.4. The van der Waals surface area contributed by atoms with Crippen LogP contribution in [0.1, 0.15) is 48.2 Å². The Kier molecular flexibility index (Phi) is 10.4. The van der Waals surface area contributed by atoms with Crippen molar-refractivity contribution in [1.29, 1.82) is 0 Å². The number of aromatic nitrogens is 2. The number of nitrogens with zero attached hydrogens (tertiary/aromatic N) is 3. The van der Waals surface area contributed by atoms with E-state index >= 15 is 0 Å². The lowest BCUT2D eigenvalue weighted by molar-refractivity contribution is -0.150. The molecule has 0 bridgehead atoms.